The molecule has 0 spiro atoms. The highest BCUT2D eigenvalue weighted by Crippen LogP contribution is 2.33. The highest BCUT2D eigenvalue weighted by atomic mass is 79.9. The molecule has 0 saturated carbocycles. The van der Waals surface area contributed by atoms with Crippen LogP contribution in [0.25, 0.3) is 0 Å². The fourth-order valence-electron chi connectivity index (χ4n) is 1.45. The standard InChI is InChI=1S/C9H5BrFNO2/c1-3-2-4(10)6(11)7-5(3)8(13)9(14)12-7/h2H,1H3,(H,12,13,14). The molecule has 0 saturated heterocycles. The first-order valence-electron chi connectivity index (χ1n) is 3.86. The van der Waals surface area contributed by atoms with E-state index in [1.165, 1.54) is 6.07 Å². The minimum absolute atomic E-state index is 0.0214. The minimum atomic E-state index is -0.778. The maximum Gasteiger partial charge on any atom is 0.296 e. The molecule has 0 radical (unpaired) electrons. The van der Waals surface area contributed by atoms with E-state index in [-0.39, 0.29) is 15.7 Å². The molecule has 0 aliphatic carbocycles. The van der Waals surface area contributed by atoms with Crippen LogP contribution < -0.4 is 5.32 Å². The van der Waals surface area contributed by atoms with Crippen LogP contribution >= 0.6 is 15.9 Å². The number of carbonyl (C=O) groups is 2. The van der Waals surface area contributed by atoms with Gasteiger partial charge in [-0.25, -0.2) is 4.39 Å². The predicted octanol–water partition coefficient (Wildman–Crippen LogP) is 2.03. The van der Waals surface area contributed by atoms with Crippen LogP contribution in [-0.4, -0.2) is 11.7 Å². The van der Waals surface area contributed by atoms with Crippen LogP contribution in [0.1, 0.15) is 15.9 Å². The van der Waals surface area contributed by atoms with Crippen LogP contribution in [0.5, 0.6) is 0 Å². The van der Waals surface area contributed by atoms with Gasteiger partial charge in [-0.1, -0.05) is 0 Å². The van der Waals surface area contributed by atoms with Crippen molar-refractivity contribution in [2.45, 2.75) is 6.92 Å². The second-order valence-corrected chi connectivity index (χ2v) is 3.88. The minimum Gasteiger partial charge on any atom is -0.316 e. The Bertz CT molecular complexity index is 470. The first-order chi connectivity index (χ1) is 6.52. The summed E-state index contributed by atoms with van der Waals surface area (Å²) in [5.74, 6) is -2.06. The Hall–Kier alpha value is -1.23. The third-order valence-corrected chi connectivity index (χ3v) is 2.67. The Kier molecular flexibility index (Phi) is 1.92. The Balaban J connectivity index is 2.79. The first kappa shape index (κ1) is 9.33. The van der Waals surface area contributed by atoms with Crippen LogP contribution in [0, 0.1) is 12.7 Å². The summed E-state index contributed by atoms with van der Waals surface area (Å²) in [5.41, 5.74) is 0.694. The number of aryl methyl sites for hydroxylation is 1. The first-order valence-corrected chi connectivity index (χ1v) is 4.66. The zero-order valence-electron chi connectivity index (χ0n) is 7.15. The molecule has 0 unspecified atom stereocenters. The predicted molar refractivity (Wildman–Crippen MR) is 51.8 cm³/mol. The number of nitrogens with one attached hydrogen (secondary N) is 1. The zero-order chi connectivity index (χ0) is 10.5. The van der Waals surface area contributed by atoms with E-state index in [1.54, 1.807) is 6.92 Å². The van der Waals surface area contributed by atoms with Gasteiger partial charge in [-0.2, -0.15) is 0 Å². The van der Waals surface area contributed by atoms with Crippen molar-refractivity contribution in [2.24, 2.45) is 0 Å². The van der Waals surface area contributed by atoms with Crippen molar-refractivity contribution < 1.29 is 14.0 Å². The number of hydrogen-bond acceptors (Lipinski definition) is 2. The number of halogens is 2. The summed E-state index contributed by atoms with van der Waals surface area (Å²) in [6, 6.07) is 1.48. The van der Waals surface area contributed by atoms with Gasteiger partial charge in [0.1, 0.15) is 0 Å². The highest BCUT2D eigenvalue weighted by molar-refractivity contribution is 9.10. The summed E-state index contributed by atoms with van der Waals surface area (Å²) in [6.07, 6.45) is 0. The van der Waals surface area contributed by atoms with E-state index in [9.17, 15) is 14.0 Å². The molecule has 1 amide bonds. The van der Waals surface area contributed by atoms with Gasteiger partial charge in [0, 0.05) is 0 Å². The summed E-state index contributed by atoms with van der Waals surface area (Å²) in [6.45, 7) is 1.65. The molecule has 1 aromatic carbocycles. The highest BCUT2D eigenvalue weighted by Gasteiger charge is 2.33. The number of ketones is 1. The lowest BCUT2D eigenvalue weighted by Gasteiger charge is -2.04. The second-order valence-electron chi connectivity index (χ2n) is 3.02. The van der Waals surface area contributed by atoms with Gasteiger partial charge in [-0.3, -0.25) is 9.59 Å². The van der Waals surface area contributed by atoms with Crippen LogP contribution in [0.3, 0.4) is 0 Å². The SMILES string of the molecule is Cc1cc(Br)c(F)c2c1C(=O)C(=O)N2. The fraction of sp³-hybridized carbons (Fsp3) is 0.111. The summed E-state index contributed by atoms with van der Waals surface area (Å²) in [4.78, 5) is 22.3. The number of amides is 1. The Labute approximate surface area is 87.4 Å². The molecular formula is C9H5BrFNO2. The number of hydrogen-bond donors (Lipinski definition) is 1. The average Bonchev–Trinajstić information content (AvgIpc) is 2.40. The lowest BCUT2D eigenvalue weighted by Crippen LogP contribution is -2.12. The van der Waals surface area contributed by atoms with Crippen molar-refractivity contribution in [1.82, 2.24) is 0 Å². The summed E-state index contributed by atoms with van der Waals surface area (Å²) >= 11 is 3.00. The van der Waals surface area contributed by atoms with Gasteiger partial charge in [0.25, 0.3) is 11.7 Å². The molecule has 0 aromatic heterocycles. The van der Waals surface area contributed by atoms with Gasteiger partial charge < -0.3 is 5.32 Å². The van der Waals surface area contributed by atoms with Gasteiger partial charge in [0.05, 0.1) is 15.7 Å². The third kappa shape index (κ3) is 1.09. The Morgan fingerprint density at radius 3 is 2.71 bits per heavy atom. The van der Waals surface area contributed by atoms with E-state index in [0.717, 1.165) is 0 Å². The van der Waals surface area contributed by atoms with E-state index in [1.807, 2.05) is 0 Å². The van der Waals surface area contributed by atoms with Crippen molar-refractivity contribution in [3.63, 3.8) is 0 Å². The number of fused-ring (bicyclic) bond motifs is 1. The van der Waals surface area contributed by atoms with Gasteiger partial charge in [-0.05, 0) is 34.5 Å². The number of carbonyl (C=O) groups excluding carboxylic acids is 2. The van der Waals surface area contributed by atoms with E-state index in [2.05, 4.69) is 21.2 Å². The third-order valence-electron chi connectivity index (χ3n) is 2.09. The lowest BCUT2D eigenvalue weighted by atomic mass is 10.1. The van der Waals surface area contributed by atoms with Crippen molar-refractivity contribution in [3.05, 3.63) is 27.5 Å². The Morgan fingerprint density at radius 2 is 2.07 bits per heavy atom. The van der Waals surface area contributed by atoms with E-state index < -0.39 is 17.5 Å². The molecule has 1 aliphatic rings. The van der Waals surface area contributed by atoms with Crippen molar-refractivity contribution in [2.75, 3.05) is 5.32 Å². The molecule has 0 atom stereocenters. The fourth-order valence-corrected chi connectivity index (χ4v) is 1.99. The van der Waals surface area contributed by atoms with Gasteiger partial charge in [-0.15, -0.1) is 0 Å². The summed E-state index contributed by atoms with van der Waals surface area (Å²) < 4.78 is 13.7. The quantitative estimate of drug-likeness (QED) is 0.723. The number of Topliss-reactive ketones (excluding diaryl/α,β-unsaturated/α-hetero) is 1. The normalized spacial score (nSPS) is 14.2. The summed E-state index contributed by atoms with van der Waals surface area (Å²) in [5, 5.41) is 2.20. The lowest BCUT2D eigenvalue weighted by molar-refractivity contribution is -0.112. The molecule has 14 heavy (non-hydrogen) atoms. The number of rotatable bonds is 0. The molecule has 5 heteroatoms. The molecule has 0 fully saturated rings. The average molecular weight is 258 g/mol. The summed E-state index contributed by atoms with van der Waals surface area (Å²) in [7, 11) is 0. The Morgan fingerprint density at radius 1 is 1.43 bits per heavy atom. The topological polar surface area (TPSA) is 46.2 Å². The maximum atomic E-state index is 13.4. The van der Waals surface area contributed by atoms with Crippen LogP contribution in [0.15, 0.2) is 10.5 Å². The molecule has 1 aromatic rings. The largest absolute Gasteiger partial charge is 0.316 e. The van der Waals surface area contributed by atoms with Crippen molar-refractivity contribution in [3.8, 4) is 0 Å². The number of anilines is 1. The monoisotopic (exact) mass is 257 g/mol. The molecule has 2 rings (SSSR count). The molecule has 0 bridgehead atoms. The van der Waals surface area contributed by atoms with Gasteiger partial charge >= 0.3 is 0 Å². The van der Waals surface area contributed by atoms with Gasteiger partial charge in [0.15, 0.2) is 5.82 Å². The van der Waals surface area contributed by atoms with E-state index in [0.29, 0.717) is 5.56 Å². The molecule has 1 aliphatic heterocycles. The van der Waals surface area contributed by atoms with Crippen LogP contribution in [0.4, 0.5) is 10.1 Å². The van der Waals surface area contributed by atoms with Crippen LogP contribution in [0.2, 0.25) is 0 Å². The molecule has 72 valence electrons. The van der Waals surface area contributed by atoms with Crippen molar-refractivity contribution >= 4 is 33.3 Å². The van der Waals surface area contributed by atoms with Crippen LogP contribution in [-0.2, 0) is 4.79 Å². The molecule has 1 heterocycles. The molecular weight excluding hydrogens is 253 g/mol. The maximum absolute atomic E-state index is 13.4. The molecule has 1 N–H and O–H groups in total. The molecule has 3 nitrogen and oxygen atoms in total. The zero-order valence-corrected chi connectivity index (χ0v) is 8.74. The number of benzene rings is 1. The van der Waals surface area contributed by atoms with E-state index >= 15 is 0 Å². The van der Waals surface area contributed by atoms with Crippen molar-refractivity contribution in [1.29, 1.82) is 0 Å². The van der Waals surface area contributed by atoms with Gasteiger partial charge in [0.2, 0.25) is 0 Å². The van der Waals surface area contributed by atoms with E-state index in [4.69, 9.17) is 0 Å². The smallest absolute Gasteiger partial charge is 0.296 e. The second kappa shape index (κ2) is 2.88.